The minimum absolute atomic E-state index is 0.130. The summed E-state index contributed by atoms with van der Waals surface area (Å²) in [5, 5.41) is 11.4. The van der Waals surface area contributed by atoms with Gasteiger partial charge in [0.25, 0.3) is 0 Å². The van der Waals surface area contributed by atoms with E-state index >= 15 is 0 Å². The zero-order valence-corrected chi connectivity index (χ0v) is 24.9. The molecule has 2 aliphatic carbocycles. The van der Waals surface area contributed by atoms with E-state index < -0.39 is 5.97 Å². The molecule has 41 heavy (non-hydrogen) atoms. The second kappa shape index (κ2) is 11.6. The fourth-order valence-electron chi connectivity index (χ4n) is 7.63. The van der Waals surface area contributed by atoms with Crippen molar-refractivity contribution in [2.75, 3.05) is 19.8 Å². The molecule has 4 heteroatoms. The smallest absolute Gasteiger partial charge is 0.119 e. The molecule has 1 saturated heterocycles. The molecule has 3 aromatic rings. The van der Waals surface area contributed by atoms with E-state index in [0.29, 0.717) is 5.92 Å². The molecule has 0 N–H and O–H groups in total. The highest BCUT2D eigenvalue weighted by Crippen LogP contribution is 2.64. The highest BCUT2D eigenvalue weighted by molar-refractivity contribution is 5.75. The molecule has 0 aromatic heterocycles. The maximum atomic E-state index is 11.4. The zero-order valence-electron chi connectivity index (χ0n) is 24.9. The van der Waals surface area contributed by atoms with Gasteiger partial charge in [-0.05, 0) is 158 Å². The maximum absolute atomic E-state index is 11.4. The fraction of sp³-hybridized carbons (Fsp3) is 0.486. The van der Waals surface area contributed by atoms with Crippen LogP contribution in [-0.2, 0) is 28.8 Å². The van der Waals surface area contributed by atoms with Gasteiger partial charge in [-0.2, -0.15) is 0 Å². The molecule has 0 amide bonds. The van der Waals surface area contributed by atoms with Crippen molar-refractivity contribution in [1.29, 1.82) is 0 Å². The number of carbonyl (C=O) groups is 1. The first kappa shape index (κ1) is 28.0. The molecule has 1 atom stereocenters. The topological polar surface area (TPSA) is 58.6 Å². The first-order valence-electron chi connectivity index (χ1n) is 15.6. The molecule has 6 rings (SSSR count). The maximum Gasteiger partial charge on any atom is 0.119 e. The van der Waals surface area contributed by atoms with Gasteiger partial charge in [-0.25, -0.2) is 0 Å². The molecule has 1 spiro atoms. The Morgan fingerprint density at radius 3 is 2.46 bits per heavy atom. The summed E-state index contributed by atoms with van der Waals surface area (Å²) >= 11 is 0. The third kappa shape index (κ3) is 5.95. The van der Waals surface area contributed by atoms with Crippen molar-refractivity contribution in [1.82, 2.24) is 0 Å². The van der Waals surface area contributed by atoms with E-state index in [4.69, 9.17) is 9.47 Å². The number of rotatable bonds is 10. The second-order valence-corrected chi connectivity index (χ2v) is 12.9. The molecule has 0 bridgehead atoms. The van der Waals surface area contributed by atoms with Crippen molar-refractivity contribution in [2.45, 2.75) is 84.5 Å². The third-order valence-electron chi connectivity index (χ3n) is 10.2. The first-order valence-corrected chi connectivity index (χ1v) is 15.6. The summed E-state index contributed by atoms with van der Waals surface area (Å²) in [6.07, 6.45) is 8.81. The summed E-state index contributed by atoms with van der Waals surface area (Å²) in [5.74, 6) is 0.891. The average molecular weight is 552 g/mol. The summed E-state index contributed by atoms with van der Waals surface area (Å²) < 4.78 is 11.7. The molecule has 4 nitrogen and oxygen atoms in total. The van der Waals surface area contributed by atoms with Crippen LogP contribution in [0.2, 0.25) is 0 Å². The third-order valence-corrected chi connectivity index (χ3v) is 10.2. The van der Waals surface area contributed by atoms with E-state index in [1.165, 1.54) is 50.1 Å². The van der Waals surface area contributed by atoms with E-state index in [2.05, 4.69) is 69.3 Å². The van der Waals surface area contributed by atoms with Crippen LogP contribution >= 0.6 is 0 Å². The highest BCUT2D eigenvalue weighted by atomic mass is 16.5. The van der Waals surface area contributed by atoms with Crippen molar-refractivity contribution in [2.24, 2.45) is 11.3 Å². The van der Waals surface area contributed by atoms with Crippen molar-refractivity contribution >= 4 is 5.97 Å². The quantitative estimate of drug-likeness (QED) is 0.277. The molecule has 2 fully saturated rings. The predicted octanol–water partition coefficient (Wildman–Crippen LogP) is 6.82. The molecule has 1 unspecified atom stereocenters. The second-order valence-electron chi connectivity index (χ2n) is 12.9. The Bertz CT molecular complexity index is 1400. The number of hydrogen-bond acceptors (Lipinski definition) is 4. The van der Waals surface area contributed by atoms with Crippen molar-refractivity contribution in [3.05, 3.63) is 87.5 Å². The Morgan fingerprint density at radius 2 is 1.76 bits per heavy atom. The minimum atomic E-state index is -0.924. The van der Waals surface area contributed by atoms with Crippen molar-refractivity contribution in [3.63, 3.8) is 0 Å². The monoisotopic (exact) mass is 551 g/mol. The van der Waals surface area contributed by atoms with Gasteiger partial charge in [0.15, 0.2) is 0 Å². The van der Waals surface area contributed by atoms with Crippen LogP contribution in [0.3, 0.4) is 0 Å². The Balaban J connectivity index is 1.13. The van der Waals surface area contributed by atoms with Crippen molar-refractivity contribution in [3.8, 4) is 16.9 Å². The first-order chi connectivity index (χ1) is 19.8. The molecule has 1 heterocycles. The molecule has 216 valence electrons. The number of aliphatic carboxylic acids is 1. The summed E-state index contributed by atoms with van der Waals surface area (Å²) in [6, 6.07) is 17.9. The number of fused-ring (bicyclic) bond motifs is 1. The lowest BCUT2D eigenvalue weighted by atomic mass is 9.86. The number of carbonyl (C=O) groups excluding carboxylic acids is 1. The van der Waals surface area contributed by atoms with Gasteiger partial charge in [0.05, 0.1) is 6.61 Å². The van der Waals surface area contributed by atoms with Gasteiger partial charge in [0.1, 0.15) is 5.75 Å². The molecule has 3 aromatic carbocycles. The fourth-order valence-corrected chi connectivity index (χ4v) is 7.63. The van der Waals surface area contributed by atoms with E-state index in [9.17, 15) is 9.90 Å². The van der Waals surface area contributed by atoms with Crippen molar-refractivity contribution < 1.29 is 19.4 Å². The number of carboxylic acid groups (broad SMARTS) is 1. The Labute approximate surface area is 245 Å². The number of ether oxygens (including phenoxy) is 2. The van der Waals surface area contributed by atoms with Crippen LogP contribution in [-0.4, -0.2) is 25.8 Å². The normalized spacial score (nSPS) is 19.3. The van der Waals surface area contributed by atoms with Crippen LogP contribution in [0.15, 0.2) is 48.5 Å². The van der Waals surface area contributed by atoms with Gasteiger partial charge in [-0.3, -0.25) is 0 Å². The van der Waals surface area contributed by atoms with E-state index in [-0.39, 0.29) is 17.8 Å². The Hall–Kier alpha value is -3.11. The van der Waals surface area contributed by atoms with Crippen LogP contribution in [0.4, 0.5) is 0 Å². The lowest BCUT2D eigenvalue weighted by Gasteiger charge is -2.22. The summed E-state index contributed by atoms with van der Waals surface area (Å²) in [5.41, 5.74) is 12.0. The summed E-state index contributed by atoms with van der Waals surface area (Å²) in [7, 11) is 0. The predicted molar refractivity (Wildman–Crippen MR) is 161 cm³/mol. The number of aryl methyl sites for hydroxylation is 4. The number of carboxylic acids is 1. The number of benzene rings is 3. The molecular formula is C37H43O4-. The van der Waals surface area contributed by atoms with Crippen LogP contribution in [0.25, 0.3) is 11.1 Å². The average Bonchev–Trinajstić information content (AvgIpc) is 3.66. The Kier molecular flexibility index (Phi) is 7.96. The Morgan fingerprint density at radius 1 is 1.00 bits per heavy atom. The van der Waals surface area contributed by atoms with Gasteiger partial charge in [-0.1, -0.05) is 36.4 Å². The van der Waals surface area contributed by atoms with Gasteiger partial charge < -0.3 is 19.4 Å². The summed E-state index contributed by atoms with van der Waals surface area (Å²) in [6.45, 7) is 9.19. The van der Waals surface area contributed by atoms with Crippen LogP contribution < -0.4 is 9.84 Å². The molecule has 3 aliphatic rings. The largest absolute Gasteiger partial charge is 0.550 e. The lowest BCUT2D eigenvalue weighted by molar-refractivity contribution is -0.306. The van der Waals surface area contributed by atoms with Crippen LogP contribution in [0.1, 0.15) is 83.4 Å². The van der Waals surface area contributed by atoms with E-state index in [0.717, 1.165) is 76.9 Å². The van der Waals surface area contributed by atoms with Gasteiger partial charge in [0, 0.05) is 19.2 Å². The number of hydrogen-bond donors (Lipinski definition) is 0. The molecule has 1 saturated carbocycles. The van der Waals surface area contributed by atoms with Crippen LogP contribution in [0.5, 0.6) is 5.75 Å². The van der Waals surface area contributed by atoms with Gasteiger partial charge >= 0.3 is 0 Å². The SMILES string of the molecule is Cc1cc(OCCC2CCOCC2)cc(C)c1-c1cccc(CCc2ccc3c(c2)CC2(CC2)C3CC(=O)[O-])c1C. The highest BCUT2D eigenvalue weighted by Gasteiger charge is 2.53. The summed E-state index contributed by atoms with van der Waals surface area (Å²) in [4.78, 5) is 11.4. The zero-order chi connectivity index (χ0) is 28.6. The van der Waals surface area contributed by atoms with Gasteiger partial charge in [-0.15, -0.1) is 0 Å². The molecular weight excluding hydrogens is 508 g/mol. The lowest BCUT2D eigenvalue weighted by Crippen LogP contribution is -2.26. The van der Waals surface area contributed by atoms with Crippen LogP contribution in [0, 0.1) is 32.1 Å². The minimum Gasteiger partial charge on any atom is -0.550 e. The van der Waals surface area contributed by atoms with E-state index in [1.807, 2.05) is 0 Å². The molecule has 0 radical (unpaired) electrons. The molecule has 1 aliphatic heterocycles. The van der Waals surface area contributed by atoms with Gasteiger partial charge in [0.2, 0.25) is 0 Å². The van der Waals surface area contributed by atoms with E-state index in [1.54, 1.807) is 0 Å². The standard InChI is InChI=1S/C37H44O4/c1-24-19-31(41-18-13-27-11-16-40-17-12-27)20-25(2)36(24)32-6-4-5-29(26(32)3)9-7-28-8-10-33-30(21-28)23-37(14-15-37)34(33)22-35(38)39/h4-6,8,10,19-21,27,34H,7,9,11-18,22-23H2,1-3H3,(H,38,39)/p-1.